The van der Waals surface area contributed by atoms with Crippen LogP contribution in [0.1, 0.15) is 19.8 Å². The fourth-order valence-electron chi connectivity index (χ4n) is 1.87. The Labute approximate surface area is 101 Å². The Morgan fingerprint density at radius 2 is 2.06 bits per heavy atom. The van der Waals surface area contributed by atoms with Gasteiger partial charge in [-0.2, -0.15) is 0 Å². The van der Waals surface area contributed by atoms with Crippen LogP contribution >= 0.6 is 0 Å². The molecule has 2 N–H and O–H groups in total. The molecule has 1 rings (SSSR count). The lowest BCUT2D eigenvalue weighted by Crippen LogP contribution is -2.43. The number of carbonyl (C=O) groups is 2. The number of nitrogens with zero attached hydrogens (tertiary/aromatic N) is 1. The SMILES string of the molecule is CCNC(=O)C1CCN(C(=O)OCCO)CC1. The molecule has 1 aliphatic heterocycles. The molecule has 98 valence electrons. The quantitative estimate of drug-likeness (QED) is 0.727. The summed E-state index contributed by atoms with van der Waals surface area (Å²) in [6.07, 6.45) is 0.925. The monoisotopic (exact) mass is 244 g/mol. The van der Waals surface area contributed by atoms with Crippen LogP contribution in [0.15, 0.2) is 0 Å². The van der Waals surface area contributed by atoms with Crippen molar-refractivity contribution in [3.05, 3.63) is 0 Å². The van der Waals surface area contributed by atoms with Crippen LogP contribution in [-0.2, 0) is 9.53 Å². The number of nitrogens with one attached hydrogen (secondary N) is 1. The van der Waals surface area contributed by atoms with Crippen molar-refractivity contribution in [3.8, 4) is 0 Å². The van der Waals surface area contributed by atoms with Crippen LogP contribution in [0.5, 0.6) is 0 Å². The third-order valence-corrected chi connectivity index (χ3v) is 2.79. The molecule has 1 fully saturated rings. The molecule has 0 aromatic rings. The number of hydrogen-bond donors (Lipinski definition) is 2. The molecule has 6 nitrogen and oxygen atoms in total. The largest absolute Gasteiger partial charge is 0.447 e. The molecule has 1 aliphatic rings. The first-order chi connectivity index (χ1) is 8.19. The third kappa shape index (κ3) is 4.22. The van der Waals surface area contributed by atoms with E-state index < -0.39 is 6.09 Å². The Morgan fingerprint density at radius 1 is 1.41 bits per heavy atom. The highest BCUT2D eigenvalue weighted by atomic mass is 16.6. The van der Waals surface area contributed by atoms with Gasteiger partial charge in [0.2, 0.25) is 5.91 Å². The Hall–Kier alpha value is -1.30. The van der Waals surface area contributed by atoms with Crippen molar-refractivity contribution < 1.29 is 19.4 Å². The fourth-order valence-corrected chi connectivity index (χ4v) is 1.87. The van der Waals surface area contributed by atoms with Crippen LogP contribution in [0.2, 0.25) is 0 Å². The van der Waals surface area contributed by atoms with Gasteiger partial charge in [-0.1, -0.05) is 0 Å². The fraction of sp³-hybridized carbons (Fsp3) is 0.818. The van der Waals surface area contributed by atoms with E-state index in [1.165, 1.54) is 0 Å². The van der Waals surface area contributed by atoms with Gasteiger partial charge in [-0.25, -0.2) is 4.79 Å². The van der Waals surface area contributed by atoms with E-state index >= 15 is 0 Å². The molecule has 0 aromatic carbocycles. The molecule has 0 saturated carbocycles. The molecule has 1 saturated heterocycles. The summed E-state index contributed by atoms with van der Waals surface area (Å²) in [6.45, 7) is 3.45. The number of piperidine rings is 1. The van der Waals surface area contributed by atoms with E-state index in [1.54, 1.807) is 4.90 Å². The maximum absolute atomic E-state index is 11.6. The molecule has 0 unspecified atom stereocenters. The molecular formula is C11H20N2O4. The second-order valence-electron chi connectivity index (χ2n) is 3.99. The summed E-state index contributed by atoms with van der Waals surface area (Å²) in [4.78, 5) is 24.6. The van der Waals surface area contributed by atoms with E-state index in [1.807, 2.05) is 6.92 Å². The van der Waals surface area contributed by atoms with Crippen molar-refractivity contribution in [2.45, 2.75) is 19.8 Å². The zero-order valence-electron chi connectivity index (χ0n) is 10.1. The first-order valence-corrected chi connectivity index (χ1v) is 5.99. The topological polar surface area (TPSA) is 78.9 Å². The minimum atomic E-state index is -0.409. The molecule has 0 atom stereocenters. The highest BCUT2D eigenvalue weighted by Crippen LogP contribution is 2.17. The summed E-state index contributed by atoms with van der Waals surface area (Å²) in [7, 11) is 0. The predicted molar refractivity (Wildman–Crippen MR) is 61.4 cm³/mol. The van der Waals surface area contributed by atoms with Crippen LogP contribution in [0.4, 0.5) is 4.79 Å². The van der Waals surface area contributed by atoms with Gasteiger partial charge in [0.25, 0.3) is 0 Å². The number of rotatable bonds is 4. The van der Waals surface area contributed by atoms with Crippen molar-refractivity contribution in [3.63, 3.8) is 0 Å². The second-order valence-corrected chi connectivity index (χ2v) is 3.99. The molecule has 1 heterocycles. The predicted octanol–water partition coefficient (Wildman–Crippen LogP) is -0.0366. The summed E-state index contributed by atoms with van der Waals surface area (Å²) >= 11 is 0. The average Bonchev–Trinajstić information content (AvgIpc) is 2.36. The minimum absolute atomic E-state index is 0.00292. The molecule has 17 heavy (non-hydrogen) atoms. The van der Waals surface area contributed by atoms with E-state index in [-0.39, 0.29) is 25.0 Å². The molecule has 0 aliphatic carbocycles. The summed E-state index contributed by atoms with van der Waals surface area (Å²) in [5, 5.41) is 11.3. The summed E-state index contributed by atoms with van der Waals surface area (Å²) < 4.78 is 4.81. The van der Waals surface area contributed by atoms with Crippen LogP contribution in [0.3, 0.4) is 0 Å². The first kappa shape index (κ1) is 13.8. The number of aliphatic hydroxyl groups is 1. The van der Waals surface area contributed by atoms with Gasteiger partial charge in [-0.15, -0.1) is 0 Å². The zero-order valence-corrected chi connectivity index (χ0v) is 10.1. The highest BCUT2D eigenvalue weighted by molar-refractivity contribution is 5.79. The van der Waals surface area contributed by atoms with Gasteiger partial charge in [0.05, 0.1) is 6.61 Å². The van der Waals surface area contributed by atoms with Crippen LogP contribution in [-0.4, -0.2) is 54.9 Å². The minimum Gasteiger partial charge on any atom is -0.447 e. The second kappa shape index (κ2) is 7.11. The van der Waals surface area contributed by atoms with Gasteiger partial charge in [-0.3, -0.25) is 4.79 Å². The standard InChI is InChI=1S/C11H20N2O4/c1-2-12-10(15)9-3-5-13(6-4-9)11(16)17-8-7-14/h9,14H,2-8H2,1H3,(H,12,15). The Kier molecular flexibility index (Phi) is 5.76. The number of ether oxygens (including phenoxy) is 1. The smallest absolute Gasteiger partial charge is 0.409 e. The molecule has 0 aromatic heterocycles. The van der Waals surface area contributed by atoms with E-state index in [0.717, 1.165) is 0 Å². The normalized spacial score (nSPS) is 16.7. The van der Waals surface area contributed by atoms with Gasteiger partial charge >= 0.3 is 6.09 Å². The van der Waals surface area contributed by atoms with Gasteiger partial charge in [0.15, 0.2) is 0 Å². The van der Waals surface area contributed by atoms with Gasteiger partial charge < -0.3 is 20.1 Å². The van der Waals surface area contributed by atoms with Crippen molar-refractivity contribution in [1.82, 2.24) is 10.2 Å². The molecule has 0 spiro atoms. The molecule has 0 radical (unpaired) electrons. The van der Waals surface area contributed by atoms with Crippen LogP contribution in [0.25, 0.3) is 0 Å². The lowest BCUT2D eigenvalue weighted by molar-refractivity contribution is -0.126. The lowest BCUT2D eigenvalue weighted by atomic mass is 9.96. The third-order valence-electron chi connectivity index (χ3n) is 2.79. The number of carbonyl (C=O) groups excluding carboxylic acids is 2. The number of likely N-dealkylation sites (tertiary alicyclic amines) is 1. The van der Waals surface area contributed by atoms with Crippen molar-refractivity contribution in [1.29, 1.82) is 0 Å². The molecule has 6 heteroatoms. The van der Waals surface area contributed by atoms with E-state index in [9.17, 15) is 9.59 Å². The van der Waals surface area contributed by atoms with E-state index in [0.29, 0.717) is 32.5 Å². The first-order valence-electron chi connectivity index (χ1n) is 5.99. The number of amides is 2. The van der Waals surface area contributed by atoms with Gasteiger partial charge in [-0.05, 0) is 19.8 Å². The molecular weight excluding hydrogens is 224 g/mol. The van der Waals surface area contributed by atoms with E-state index in [4.69, 9.17) is 9.84 Å². The van der Waals surface area contributed by atoms with E-state index in [2.05, 4.69) is 5.32 Å². The lowest BCUT2D eigenvalue weighted by Gasteiger charge is -2.30. The van der Waals surface area contributed by atoms with Crippen LogP contribution in [0, 0.1) is 5.92 Å². The highest BCUT2D eigenvalue weighted by Gasteiger charge is 2.27. The Balaban J connectivity index is 2.30. The Bertz CT molecular complexity index is 262. The van der Waals surface area contributed by atoms with Gasteiger partial charge in [0.1, 0.15) is 6.61 Å². The Morgan fingerprint density at radius 3 is 2.59 bits per heavy atom. The molecule has 0 bridgehead atoms. The summed E-state index contributed by atoms with van der Waals surface area (Å²) in [5.74, 6) is 0.0627. The maximum atomic E-state index is 11.6. The number of aliphatic hydroxyl groups excluding tert-OH is 1. The average molecular weight is 244 g/mol. The van der Waals surface area contributed by atoms with Crippen LogP contribution < -0.4 is 5.32 Å². The van der Waals surface area contributed by atoms with Crippen molar-refractivity contribution in [2.75, 3.05) is 32.8 Å². The van der Waals surface area contributed by atoms with Crippen molar-refractivity contribution in [2.24, 2.45) is 5.92 Å². The maximum Gasteiger partial charge on any atom is 0.409 e. The van der Waals surface area contributed by atoms with Gasteiger partial charge in [0, 0.05) is 25.6 Å². The number of hydrogen-bond acceptors (Lipinski definition) is 4. The summed E-state index contributed by atoms with van der Waals surface area (Å²) in [6, 6.07) is 0. The molecule has 2 amide bonds. The zero-order chi connectivity index (χ0) is 12.7. The summed E-state index contributed by atoms with van der Waals surface area (Å²) in [5.41, 5.74) is 0. The van der Waals surface area contributed by atoms with Crippen molar-refractivity contribution >= 4 is 12.0 Å².